The van der Waals surface area contributed by atoms with Gasteiger partial charge in [0.15, 0.2) is 0 Å². The Morgan fingerprint density at radius 2 is 1.89 bits per heavy atom. The molecule has 102 valence electrons. The Kier molecular flexibility index (Phi) is 4.90. The second-order valence-corrected chi connectivity index (χ2v) is 5.54. The van der Waals surface area contributed by atoms with Gasteiger partial charge in [-0.25, -0.2) is 15.8 Å². The lowest BCUT2D eigenvalue weighted by atomic mass is 9.81. The zero-order chi connectivity index (χ0) is 13.8. The van der Waals surface area contributed by atoms with Gasteiger partial charge in [-0.05, 0) is 17.8 Å². The summed E-state index contributed by atoms with van der Waals surface area (Å²) in [5.41, 5.74) is 3.86. The van der Waals surface area contributed by atoms with E-state index in [9.17, 15) is 0 Å². The molecular formula is C13H25N5. The average Bonchev–Trinajstić information content (AvgIpc) is 2.35. The molecule has 1 heterocycles. The summed E-state index contributed by atoms with van der Waals surface area (Å²) < 4.78 is 0. The number of hydrogen-bond donors (Lipinski definition) is 3. The molecule has 5 heteroatoms. The van der Waals surface area contributed by atoms with Crippen molar-refractivity contribution in [1.82, 2.24) is 9.97 Å². The van der Waals surface area contributed by atoms with E-state index in [1.54, 1.807) is 0 Å². The summed E-state index contributed by atoms with van der Waals surface area (Å²) in [7, 11) is 0. The lowest BCUT2D eigenvalue weighted by Crippen LogP contribution is -2.29. The van der Waals surface area contributed by atoms with Gasteiger partial charge in [-0.3, -0.25) is 0 Å². The average molecular weight is 251 g/mol. The van der Waals surface area contributed by atoms with E-state index in [1.807, 2.05) is 0 Å². The fourth-order valence-electron chi connectivity index (χ4n) is 1.54. The Labute approximate surface area is 110 Å². The molecule has 0 aliphatic heterocycles. The molecule has 0 spiro atoms. The van der Waals surface area contributed by atoms with E-state index in [4.69, 9.17) is 5.84 Å². The number of nitrogens with one attached hydrogen (secondary N) is 2. The normalized spacial score (nSPS) is 11.7. The maximum atomic E-state index is 5.46. The van der Waals surface area contributed by atoms with E-state index in [1.165, 1.54) is 6.33 Å². The van der Waals surface area contributed by atoms with Crippen LogP contribution in [0.15, 0.2) is 6.33 Å². The molecule has 0 aliphatic rings. The molecule has 0 aromatic carbocycles. The summed E-state index contributed by atoms with van der Waals surface area (Å²) in [6.45, 7) is 11.9. The Morgan fingerprint density at radius 1 is 1.28 bits per heavy atom. The first kappa shape index (κ1) is 14.7. The predicted octanol–water partition coefficient (Wildman–Crippen LogP) is 2.42. The number of nitrogens with zero attached hydrogens (tertiary/aromatic N) is 2. The monoisotopic (exact) mass is 251 g/mol. The Bertz CT molecular complexity index is 387. The molecule has 0 bridgehead atoms. The molecule has 0 saturated carbocycles. The number of nitrogen functional groups attached to an aromatic ring is 1. The highest BCUT2D eigenvalue weighted by molar-refractivity contribution is 5.56. The maximum absolute atomic E-state index is 5.46. The van der Waals surface area contributed by atoms with Crippen molar-refractivity contribution in [2.24, 2.45) is 17.2 Å². The van der Waals surface area contributed by atoms with E-state index < -0.39 is 0 Å². The van der Waals surface area contributed by atoms with Gasteiger partial charge in [0.2, 0.25) is 0 Å². The summed E-state index contributed by atoms with van der Waals surface area (Å²) in [6.07, 6.45) is 2.36. The van der Waals surface area contributed by atoms with Crippen LogP contribution in [0.25, 0.3) is 0 Å². The third-order valence-corrected chi connectivity index (χ3v) is 3.71. The van der Waals surface area contributed by atoms with E-state index in [0.29, 0.717) is 11.7 Å². The zero-order valence-electron chi connectivity index (χ0n) is 12.0. The molecule has 18 heavy (non-hydrogen) atoms. The van der Waals surface area contributed by atoms with Crippen LogP contribution >= 0.6 is 0 Å². The molecule has 0 unspecified atom stereocenters. The van der Waals surface area contributed by atoms with Crippen LogP contribution in [0, 0.1) is 11.3 Å². The van der Waals surface area contributed by atoms with Crippen LogP contribution in [-0.4, -0.2) is 16.5 Å². The Balaban J connectivity index is 2.85. The number of nitrogens with two attached hydrogens (primary N) is 1. The fourth-order valence-corrected chi connectivity index (χ4v) is 1.54. The predicted molar refractivity (Wildman–Crippen MR) is 76.3 cm³/mol. The highest BCUT2D eigenvalue weighted by atomic mass is 15.3. The molecule has 0 aliphatic carbocycles. The summed E-state index contributed by atoms with van der Waals surface area (Å²) in [5.74, 6) is 7.62. The number of rotatable bonds is 6. The van der Waals surface area contributed by atoms with Crippen molar-refractivity contribution in [3.8, 4) is 0 Å². The Hall–Kier alpha value is -1.36. The number of hydrogen-bond acceptors (Lipinski definition) is 5. The van der Waals surface area contributed by atoms with Crippen LogP contribution < -0.4 is 16.6 Å². The van der Waals surface area contributed by atoms with Gasteiger partial charge < -0.3 is 10.7 Å². The lowest BCUT2D eigenvalue weighted by molar-refractivity contribution is 0.269. The van der Waals surface area contributed by atoms with Crippen LogP contribution in [0.4, 0.5) is 11.6 Å². The third-order valence-electron chi connectivity index (χ3n) is 3.71. The standard InChI is InChI=1S/C13H25N5/c1-6-10-11(16-8-17-12(10)18-14)15-7-13(4,5)9(2)3/h8-9H,6-7,14H2,1-5H3,(H2,15,16,17,18). The number of hydrazine groups is 1. The van der Waals surface area contributed by atoms with Crippen molar-refractivity contribution in [2.75, 3.05) is 17.3 Å². The fraction of sp³-hybridized carbons (Fsp3) is 0.692. The van der Waals surface area contributed by atoms with Gasteiger partial charge in [-0.1, -0.05) is 34.6 Å². The minimum atomic E-state index is 0.215. The van der Waals surface area contributed by atoms with Crippen LogP contribution in [-0.2, 0) is 6.42 Å². The van der Waals surface area contributed by atoms with Crippen molar-refractivity contribution >= 4 is 11.6 Å². The van der Waals surface area contributed by atoms with Crippen LogP contribution in [0.2, 0.25) is 0 Å². The van der Waals surface area contributed by atoms with Crippen molar-refractivity contribution in [2.45, 2.75) is 41.0 Å². The van der Waals surface area contributed by atoms with Gasteiger partial charge in [0.1, 0.15) is 18.0 Å². The molecule has 1 rings (SSSR count). The van der Waals surface area contributed by atoms with Crippen molar-refractivity contribution in [3.63, 3.8) is 0 Å². The van der Waals surface area contributed by atoms with Gasteiger partial charge in [-0.2, -0.15) is 0 Å². The largest absolute Gasteiger partial charge is 0.369 e. The number of aromatic nitrogens is 2. The van der Waals surface area contributed by atoms with E-state index in [-0.39, 0.29) is 5.41 Å². The molecule has 1 aromatic heterocycles. The van der Waals surface area contributed by atoms with Crippen LogP contribution in [0.5, 0.6) is 0 Å². The SMILES string of the molecule is CCc1c(NN)ncnc1NCC(C)(C)C(C)C. The minimum Gasteiger partial charge on any atom is -0.369 e. The van der Waals surface area contributed by atoms with Gasteiger partial charge in [0.25, 0.3) is 0 Å². The van der Waals surface area contributed by atoms with Crippen molar-refractivity contribution < 1.29 is 0 Å². The summed E-state index contributed by atoms with van der Waals surface area (Å²) in [4.78, 5) is 8.42. The molecule has 0 saturated heterocycles. The second kappa shape index (κ2) is 6.00. The first-order chi connectivity index (χ1) is 8.42. The molecule has 0 amide bonds. The van der Waals surface area contributed by atoms with Crippen LogP contribution in [0.3, 0.4) is 0 Å². The van der Waals surface area contributed by atoms with Crippen LogP contribution in [0.1, 0.15) is 40.2 Å². The lowest BCUT2D eigenvalue weighted by Gasteiger charge is -2.30. The highest BCUT2D eigenvalue weighted by Gasteiger charge is 2.22. The van der Waals surface area contributed by atoms with Gasteiger partial charge in [0, 0.05) is 12.1 Å². The van der Waals surface area contributed by atoms with Gasteiger partial charge in [-0.15, -0.1) is 0 Å². The zero-order valence-corrected chi connectivity index (χ0v) is 12.0. The molecule has 1 aromatic rings. The Morgan fingerprint density at radius 3 is 2.39 bits per heavy atom. The second-order valence-electron chi connectivity index (χ2n) is 5.54. The number of anilines is 2. The first-order valence-corrected chi connectivity index (χ1v) is 6.46. The third kappa shape index (κ3) is 3.32. The smallest absolute Gasteiger partial charge is 0.148 e. The molecule has 0 atom stereocenters. The van der Waals surface area contributed by atoms with Crippen molar-refractivity contribution in [3.05, 3.63) is 11.9 Å². The van der Waals surface area contributed by atoms with Gasteiger partial charge >= 0.3 is 0 Å². The van der Waals surface area contributed by atoms with Gasteiger partial charge in [0.05, 0.1) is 0 Å². The first-order valence-electron chi connectivity index (χ1n) is 6.46. The van der Waals surface area contributed by atoms with E-state index in [0.717, 1.165) is 24.3 Å². The van der Waals surface area contributed by atoms with E-state index in [2.05, 4.69) is 55.3 Å². The summed E-state index contributed by atoms with van der Waals surface area (Å²) in [5, 5.41) is 3.41. The molecule has 4 N–H and O–H groups in total. The minimum absolute atomic E-state index is 0.215. The molecule has 5 nitrogen and oxygen atoms in total. The molecule has 0 fully saturated rings. The maximum Gasteiger partial charge on any atom is 0.148 e. The molecule has 0 radical (unpaired) electrons. The molecular weight excluding hydrogens is 226 g/mol. The van der Waals surface area contributed by atoms with E-state index >= 15 is 0 Å². The van der Waals surface area contributed by atoms with Crippen molar-refractivity contribution in [1.29, 1.82) is 0 Å². The summed E-state index contributed by atoms with van der Waals surface area (Å²) >= 11 is 0. The quantitative estimate of drug-likeness (QED) is 0.535. The topological polar surface area (TPSA) is 75.9 Å². The highest BCUT2D eigenvalue weighted by Crippen LogP contribution is 2.27. The summed E-state index contributed by atoms with van der Waals surface area (Å²) in [6, 6.07) is 0.